The first-order valence-corrected chi connectivity index (χ1v) is 9.24. The van der Waals surface area contributed by atoms with Crippen LogP contribution < -0.4 is 19.5 Å². The molecular formula is C23H23NO3. The Morgan fingerprint density at radius 2 is 1.70 bits per heavy atom. The summed E-state index contributed by atoms with van der Waals surface area (Å²) in [6.07, 6.45) is 0. The van der Waals surface area contributed by atoms with E-state index in [2.05, 4.69) is 29.6 Å². The predicted octanol–water partition coefficient (Wildman–Crippen LogP) is 5.21. The minimum atomic E-state index is 0.115. The van der Waals surface area contributed by atoms with Gasteiger partial charge in [-0.15, -0.1) is 0 Å². The van der Waals surface area contributed by atoms with Gasteiger partial charge in [-0.3, -0.25) is 0 Å². The number of anilines is 1. The van der Waals surface area contributed by atoms with Crippen molar-refractivity contribution in [1.29, 1.82) is 0 Å². The summed E-state index contributed by atoms with van der Waals surface area (Å²) in [6, 6.07) is 24.3. The molecule has 0 saturated heterocycles. The summed E-state index contributed by atoms with van der Waals surface area (Å²) in [5.74, 6) is 2.51. The minimum Gasteiger partial charge on any atom is -0.494 e. The molecule has 1 N–H and O–H groups in total. The van der Waals surface area contributed by atoms with E-state index in [0.717, 1.165) is 28.5 Å². The van der Waals surface area contributed by atoms with Crippen LogP contribution in [0.1, 0.15) is 24.1 Å². The highest BCUT2D eigenvalue weighted by Crippen LogP contribution is 2.36. The van der Waals surface area contributed by atoms with Gasteiger partial charge in [-0.05, 0) is 42.3 Å². The summed E-state index contributed by atoms with van der Waals surface area (Å²) in [5.41, 5.74) is 3.30. The van der Waals surface area contributed by atoms with Crippen LogP contribution in [-0.4, -0.2) is 13.2 Å². The van der Waals surface area contributed by atoms with Crippen LogP contribution in [-0.2, 0) is 6.61 Å². The van der Waals surface area contributed by atoms with Gasteiger partial charge in [-0.25, -0.2) is 0 Å². The lowest BCUT2D eigenvalue weighted by Gasteiger charge is -2.28. The summed E-state index contributed by atoms with van der Waals surface area (Å²) in [7, 11) is 0. The van der Waals surface area contributed by atoms with Gasteiger partial charge in [0.2, 0.25) is 0 Å². The molecule has 0 amide bonds. The molecule has 4 nitrogen and oxygen atoms in total. The van der Waals surface area contributed by atoms with Gasteiger partial charge >= 0.3 is 0 Å². The number of hydrogen-bond acceptors (Lipinski definition) is 4. The molecule has 0 saturated carbocycles. The van der Waals surface area contributed by atoms with Gasteiger partial charge in [-0.2, -0.15) is 0 Å². The standard InChI is InChI=1S/C23H23NO3/c1-2-25-19-10-8-18(9-11-19)22-16-27-23-14-20(12-13-21(23)24-22)26-15-17-6-4-3-5-7-17/h3-14,22,24H,2,15-16H2,1H3/t22-/m0/s1. The van der Waals surface area contributed by atoms with Gasteiger partial charge in [0.25, 0.3) is 0 Å². The molecule has 0 unspecified atom stereocenters. The zero-order chi connectivity index (χ0) is 18.5. The van der Waals surface area contributed by atoms with Crippen molar-refractivity contribution in [1.82, 2.24) is 0 Å². The smallest absolute Gasteiger partial charge is 0.146 e. The van der Waals surface area contributed by atoms with Crippen LogP contribution >= 0.6 is 0 Å². The van der Waals surface area contributed by atoms with E-state index in [1.807, 2.05) is 55.5 Å². The molecule has 1 heterocycles. The first-order chi connectivity index (χ1) is 13.3. The second-order valence-corrected chi connectivity index (χ2v) is 6.44. The maximum absolute atomic E-state index is 5.99. The fourth-order valence-electron chi connectivity index (χ4n) is 3.12. The molecule has 1 aliphatic heterocycles. The van der Waals surface area contributed by atoms with Crippen LogP contribution in [0.15, 0.2) is 72.8 Å². The average molecular weight is 361 g/mol. The zero-order valence-electron chi connectivity index (χ0n) is 15.4. The van der Waals surface area contributed by atoms with Gasteiger partial charge in [0.05, 0.1) is 18.3 Å². The largest absolute Gasteiger partial charge is 0.494 e. The Balaban J connectivity index is 1.41. The third kappa shape index (κ3) is 4.17. The number of fused-ring (bicyclic) bond motifs is 1. The molecule has 138 valence electrons. The fourth-order valence-corrected chi connectivity index (χ4v) is 3.12. The van der Waals surface area contributed by atoms with E-state index in [1.165, 1.54) is 5.56 Å². The van der Waals surface area contributed by atoms with Crippen LogP contribution in [0.5, 0.6) is 17.2 Å². The number of benzene rings is 3. The third-order valence-corrected chi connectivity index (χ3v) is 4.53. The first-order valence-electron chi connectivity index (χ1n) is 9.24. The lowest BCUT2D eigenvalue weighted by molar-refractivity contribution is 0.277. The Kier molecular flexibility index (Phi) is 5.15. The van der Waals surface area contributed by atoms with Crippen molar-refractivity contribution in [2.45, 2.75) is 19.6 Å². The summed E-state index contributed by atoms with van der Waals surface area (Å²) in [4.78, 5) is 0. The molecule has 0 bridgehead atoms. The summed E-state index contributed by atoms with van der Waals surface area (Å²) < 4.78 is 17.4. The zero-order valence-corrected chi connectivity index (χ0v) is 15.4. The molecule has 0 fully saturated rings. The normalized spacial score (nSPS) is 15.2. The summed E-state index contributed by atoms with van der Waals surface area (Å²) in [6.45, 7) is 3.77. The van der Waals surface area contributed by atoms with Crippen LogP contribution in [0.4, 0.5) is 5.69 Å². The number of hydrogen-bond donors (Lipinski definition) is 1. The molecule has 27 heavy (non-hydrogen) atoms. The quantitative estimate of drug-likeness (QED) is 0.654. The van der Waals surface area contributed by atoms with Crippen molar-refractivity contribution in [2.75, 3.05) is 18.5 Å². The van der Waals surface area contributed by atoms with Gasteiger partial charge < -0.3 is 19.5 Å². The van der Waals surface area contributed by atoms with Crippen molar-refractivity contribution < 1.29 is 14.2 Å². The summed E-state index contributed by atoms with van der Waals surface area (Å²) in [5, 5.41) is 3.54. The second kappa shape index (κ2) is 8.04. The Bertz CT molecular complexity index is 878. The average Bonchev–Trinajstić information content (AvgIpc) is 2.73. The molecule has 4 heteroatoms. The molecule has 1 aliphatic rings. The molecule has 4 rings (SSSR count). The first kappa shape index (κ1) is 17.3. The van der Waals surface area contributed by atoms with Gasteiger partial charge in [0.15, 0.2) is 0 Å². The van der Waals surface area contributed by atoms with Crippen molar-refractivity contribution >= 4 is 5.69 Å². The lowest BCUT2D eigenvalue weighted by Crippen LogP contribution is -2.23. The highest BCUT2D eigenvalue weighted by molar-refractivity contribution is 5.61. The van der Waals surface area contributed by atoms with E-state index >= 15 is 0 Å². The van der Waals surface area contributed by atoms with E-state index in [9.17, 15) is 0 Å². The lowest BCUT2D eigenvalue weighted by atomic mass is 10.1. The third-order valence-electron chi connectivity index (χ3n) is 4.53. The second-order valence-electron chi connectivity index (χ2n) is 6.44. The van der Waals surface area contributed by atoms with Crippen molar-refractivity contribution in [3.63, 3.8) is 0 Å². The summed E-state index contributed by atoms with van der Waals surface area (Å²) >= 11 is 0. The van der Waals surface area contributed by atoms with Crippen molar-refractivity contribution in [2.24, 2.45) is 0 Å². The van der Waals surface area contributed by atoms with E-state index in [0.29, 0.717) is 19.8 Å². The maximum atomic E-state index is 5.99. The van der Waals surface area contributed by atoms with Crippen LogP contribution in [0.2, 0.25) is 0 Å². The SMILES string of the molecule is CCOc1ccc([C@@H]2COc3cc(OCc4ccccc4)ccc3N2)cc1. The Morgan fingerprint density at radius 1 is 0.926 bits per heavy atom. The number of ether oxygens (including phenoxy) is 3. The van der Waals surface area contributed by atoms with Gasteiger partial charge in [-0.1, -0.05) is 42.5 Å². The molecular weight excluding hydrogens is 338 g/mol. The van der Waals surface area contributed by atoms with Crippen LogP contribution in [0.25, 0.3) is 0 Å². The number of rotatable bonds is 6. The van der Waals surface area contributed by atoms with Gasteiger partial charge in [0.1, 0.15) is 30.5 Å². The van der Waals surface area contributed by atoms with Crippen molar-refractivity contribution in [3.05, 3.63) is 83.9 Å². The molecule has 0 radical (unpaired) electrons. The van der Waals surface area contributed by atoms with Gasteiger partial charge in [0, 0.05) is 6.07 Å². The monoisotopic (exact) mass is 361 g/mol. The topological polar surface area (TPSA) is 39.7 Å². The fraction of sp³-hybridized carbons (Fsp3) is 0.217. The molecule has 0 spiro atoms. The molecule has 0 aliphatic carbocycles. The molecule has 0 aromatic heterocycles. The minimum absolute atomic E-state index is 0.115. The Morgan fingerprint density at radius 3 is 2.48 bits per heavy atom. The van der Waals surface area contributed by atoms with E-state index < -0.39 is 0 Å². The van der Waals surface area contributed by atoms with E-state index in [-0.39, 0.29) is 6.04 Å². The highest BCUT2D eigenvalue weighted by Gasteiger charge is 2.21. The van der Waals surface area contributed by atoms with Crippen molar-refractivity contribution in [3.8, 4) is 17.2 Å². The highest BCUT2D eigenvalue weighted by atomic mass is 16.5. The molecule has 3 aromatic carbocycles. The molecule has 1 atom stereocenters. The number of nitrogens with one attached hydrogen (secondary N) is 1. The Labute approximate surface area is 159 Å². The Hall–Kier alpha value is -3.14. The van der Waals surface area contributed by atoms with E-state index in [1.54, 1.807) is 0 Å². The predicted molar refractivity (Wildman–Crippen MR) is 107 cm³/mol. The molecule has 3 aromatic rings. The van der Waals surface area contributed by atoms with Crippen LogP contribution in [0.3, 0.4) is 0 Å². The van der Waals surface area contributed by atoms with Crippen LogP contribution in [0, 0.1) is 0 Å². The maximum Gasteiger partial charge on any atom is 0.146 e. The van der Waals surface area contributed by atoms with E-state index in [4.69, 9.17) is 14.2 Å².